The summed E-state index contributed by atoms with van der Waals surface area (Å²) >= 11 is 1.61. The minimum Gasteiger partial charge on any atom is -0.339 e. The second-order valence-corrected chi connectivity index (χ2v) is 5.84. The van der Waals surface area contributed by atoms with Crippen LogP contribution in [0.25, 0.3) is 0 Å². The Hall–Kier alpha value is -0.870. The Kier molecular flexibility index (Phi) is 4.78. The predicted octanol–water partition coefficient (Wildman–Crippen LogP) is 2.52. The first kappa shape index (κ1) is 13.6. The lowest BCUT2D eigenvalue weighted by molar-refractivity contribution is 0.0687. The number of nitrogens with zero attached hydrogens (tertiary/aromatic N) is 1. The first-order valence-electron chi connectivity index (χ1n) is 6.69. The maximum Gasteiger partial charge on any atom is 0.254 e. The van der Waals surface area contributed by atoms with Crippen molar-refractivity contribution in [1.82, 2.24) is 10.2 Å². The Morgan fingerprint density at radius 2 is 2.17 bits per heavy atom. The largest absolute Gasteiger partial charge is 0.339 e. The molecule has 1 amide bonds. The maximum absolute atomic E-state index is 12.3. The van der Waals surface area contributed by atoms with Gasteiger partial charge < -0.3 is 10.2 Å². The summed E-state index contributed by atoms with van der Waals surface area (Å²) in [5.74, 6) is 1.01. The number of rotatable bonds is 4. The van der Waals surface area contributed by atoms with Gasteiger partial charge in [0.2, 0.25) is 0 Å². The highest BCUT2D eigenvalue weighted by Gasteiger charge is 2.24. The number of aryl methyl sites for hydroxylation is 1. The van der Waals surface area contributed by atoms with Gasteiger partial charge in [-0.25, -0.2) is 0 Å². The van der Waals surface area contributed by atoms with Crippen LogP contribution in [0.2, 0.25) is 0 Å². The Morgan fingerprint density at radius 1 is 1.44 bits per heavy atom. The fraction of sp³-hybridized carbons (Fsp3) is 0.643. The minimum absolute atomic E-state index is 0.223. The van der Waals surface area contributed by atoms with Gasteiger partial charge in [0.1, 0.15) is 0 Å². The molecule has 1 fully saturated rings. The van der Waals surface area contributed by atoms with Crippen molar-refractivity contribution in [2.24, 2.45) is 5.92 Å². The van der Waals surface area contributed by atoms with Crippen LogP contribution in [0.3, 0.4) is 0 Å². The van der Waals surface area contributed by atoms with Gasteiger partial charge in [-0.1, -0.05) is 0 Å². The summed E-state index contributed by atoms with van der Waals surface area (Å²) in [5, 5.41) is 7.23. The van der Waals surface area contributed by atoms with E-state index < -0.39 is 0 Å². The molecule has 0 aliphatic carbocycles. The summed E-state index contributed by atoms with van der Waals surface area (Å²) in [6.07, 6.45) is 3.53. The highest BCUT2D eigenvalue weighted by molar-refractivity contribution is 7.08. The van der Waals surface area contributed by atoms with Gasteiger partial charge in [-0.2, -0.15) is 11.3 Å². The van der Waals surface area contributed by atoms with Crippen molar-refractivity contribution in [1.29, 1.82) is 0 Å². The number of thiophene rings is 1. The molecule has 1 saturated heterocycles. The molecule has 1 aliphatic rings. The standard InChI is InChI=1S/C14H22N2OS/c1-11-9-18-10-13(11)14(17)16-7-4-12(5-8-16)3-6-15-2/h9-10,12,15H,3-8H2,1-2H3. The highest BCUT2D eigenvalue weighted by Crippen LogP contribution is 2.23. The van der Waals surface area contributed by atoms with Gasteiger partial charge in [0.25, 0.3) is 5.91 Å². The summed E-state index contributed by atoms with van der Waals surface area (Å²) < 4.78 is 0. The Morgan fingerprint density at radius 3 is 2.72 bits per heavy atom. The number of likely N-dealkylation sites (tertiary alicyclic amines) is 1. The van der Waals surface area contributed by atoms with Crippen molar-refractivity contribution in [2.45, 2.75) is 26.2 Å². The number of hydrogen-bond donors (Lipinski definition) is 1. The summed E-state index contributed by atoms with van der Waals surface area (Å²) in [7, 11) is 2.00. The van der Waals surface area contributed by atoms with Crippen LogP contribution in [0.5, 0.6) is 0 Å². The average Bonchev–Trinajstić information content (AvgIpc) is 2.82. The molecule has 3 nitrogen and oxygen atoms in total. The van der Waals surface area contributed by atoms with Gasteiger partial charge in [0.15, 0.2) is 0 Å². The summed E-state index contributed by atoms with van der Waals surface area (Å²) in [5.41, 5.74) is 2.01. The molecule has 2 rings (SSSR count). The normalized spacial score (nSPS) is 17.1. The molecule has 4 heteroatoms. The third-order valence-corrected chi connectivity index (χ3v) is 4.65. The van der Waals surface area contributed by atoms with E-state index in [4.69, 9.17) is 0 Å². The lowest BCUT2D eigenvalue weighted by atomic mass is 9.93. The third kappa shape index (κ3) is 3.12. The summed E-state index contributed by atoms with van der Waals surface area (Å²) in [6.45, 7) is 4.94. The summed E-state index contributed by atoms with van der Waals surface area (Å²) in [4.78, 5) is 14.3. The lowest BCUT2D eigenvalue weighted by Gasteiger charge is -2.32. The van der Waals surface area contributed by atoms with Crippen molar-refractivity contribution < 1.29 is 4.79 Å². The van der Waals surface area contributed by atoms with E-state index in [0.29, 0.717) is 0 Å². The van der Waals surface area contributed by atoms with Gasteiger partial charge in [-0.3, -0.25) is 4.79 Å². The van der Waals surface area contributed by atoms with Crippen molar-refractivity contribution in [3.8, 4) is 0 Å². The van der Waals surface area contributed by atoms with Crippen LogP contribution in [-0.2, 0) is 0 Å². The maximum atomic E-state index is 12.3. The van der Waals surface area contributed by atoms with Crippen LogP contribution in [0, 0.1) is 12.8 Å². The van der Waals surface area contributed by atoms with Crippen molar-refractivity contribution >= 4 is 17.2 Å². The van der Waals surface area contributed by atoms with Crippen molar-refractivity contribution in [3.63, 3.8) is 0 Å². The van der Waals surface area contributed by atoms with Crippen molar-refractivity contribution in [2.75, 3.05) is 26.7 Å². The highest BCUT2D eigenvalue weighted by atomic mass is 32.1. The molecule has 1 aromatic heterocycles. The molecular formula is C14H22N2OS. The molecule has 18 heavy (non-hydrogen) atoms. The van der Waals surface area contributed by atoms with Crippen LogP contribution < -0.4 is 5.32 Å². The minimum atomic E-state index is 0.223. The molecule has 1 aromatic rings. The van der Waals surface area contributed by atoms with Crippen LogP contribution >= 0.6 is 11.3 Å². The Labute approximate surface area is 113 Å². The molecule has 1 N–H and O–H groups in total. The number of piperidine rings is 1. The van der Waals surface area contributed by atoms with E-state index in [1.807, 2.05) is 29.6 Å². The monoisotopic (exact) mass is 266 g/mol. The van der Waals surface area contributed by atoms with Crippen LogP contribution in [-0.4, -0.2) is 37.5 Å². The first-order valence-corrected chi connectivity index (χ1v) is 7.63. The average molecular weight is 266 g/mol. The Bertz CT molecular complexity index is 394. The molecule has 2 heterocycles. The van der Waals surface area contributed by atoms with Gasteiger partial charge in [0.05, 0.1) is 5.56 Å². The Balaban J connectivity index is 1.86. The number of carbonyl (C=O) groups is 1. The quantitative estimate of drug-likeness (QED) is 0.908. The second kappa shape index (κ2) is 6.34. The molecular weight excluding hydrogens is 244 g/mol. The zero-order valence-corrected chi connectivity index (χ0v) is 12.1. The molecule has 0 saturated carbocycles. The number of hydrogen-bond acceptors (Lipinski definition) is 3. The van der Waals surface area contributed by atoms with Crippen LogP contribution in [0.1, 0.15) is 35.2 Å². The molecule has 100 valence electrons. The molecule has 1 aliphatic heterocycles. The van der Waals surface area contributed by atoms with E-state index >= 15 is 0 Å². The molecule has 0 atom stereocenters. The van der Waals surface area contributed by atoms with E-state index in [9.17, 15) is 4.79 Å². The fourth-order valence-corrected chi connectivity index (χ4v) is 3.35. The van der Waals surface area contributed by atoms with E-state index in [1.54, 1.807) is 11.3 Å². The molecule has 0 spiro atoms. The number of nitrogens with one attached hydrogen (secondary N) is 1. The lowest BCUT2D eigenvalue weighted by Crippen LogP contribution is -2.39. The van der Waals surface area contributed by atoms with Gasteiger partial charge >= 0.3 is 0 Å². The predicted molar refractivity (Wildman–Crippen MR) is 76.2 cm³/mol. The first-order chi connectivity index (χ1) is 8.72. The summed E-state index contributed by atoms with van der Waals surface area (Å²) in [6, 6.07) is 0. The SMILES string of the molecule is CNCCC1CCN(C(=O)c2cscc2C)CC1. The topological polar surface area (TPSA) is 32.3 Å². The van der Waals surface area contributed by atoms with E-state index in [-0.39, 0.29) is 5.91 Å². The van der Waals surface area contributed by atoms with Gasteiger partial charge in [-0.05, 0) is 56.6 Å². The van der Waals surface area contributed by atoms with E-state index in [1.165, 1.54) is 6.42 Å². The molecule has 0 radical (unpaired) electrons. The van der Waals surface area contributed by atoms with E-state index in [0.717, 1.165) is 49.5 Å². The number of carbonyl (C=O) groups excluding carboxylic acids is 1. The fourth-order valence-electron chi connectivity index (χ4n) is 2.52. The second-order valence-electron chi connectivity index (χ2n) is 5.10. The third-order valence-electron chi connectivity index (χ3n) is 3.79. The van der Waals surface area contributed by atoms with E-state index in [2.05, 4.69) is 5.32 Å². The zero-order valence-electron chi connectivity index (χ0n) is 11.2. The number of amides is 1. The van der Waals surface area contributed by atoms with Crippen LogP contribution in [0.15, 0.2) is 10.8 Å². The van der Waals surface area contributed by atoms with Gasteiger partial charge in [-0.15, -0.1) is 0 Å². The molecule has 0 bridgehead atoms. The molecule has 0 aromatic carbocycles. The zero-order chi connectivity index (χ0) is 13.0. The van der Waals surface area contributed by atoms with Crippen LogP contribution in [0.4, 0.5) is 0 Å². The van der Waals surface area contributed by atoms with Gasteiger partial charge in [0, 0.05) is 18.5 Å². The van der Waals surface area contributed by atoms with Crippen molar-refractivity contribution in [3.05, 3.63) is 21.9 Å². The smallest absolute Gasteiger partial charge is 0.254 e. The molecule has 0 unspecified atom stereocenters.